The van der Waals surface area contributed by atoms with E-state index in [1.54, 1.807) is 11.3 Å². The number of anilines is 1. The summed E-state index contributed by atoms with van der Waals surface area (Å²) in [7, 11) is 2.16. The minimum atomic E-state index is -0.845. The molecular formula is C39H41N5O4S. The second kappa shape index (κ2) is 13.4. The molecule has 2 aromatic carbocycles. The van der Waals surface area contributed by atoms with Gasteiger partial charge < -0.3 is 24.4 Å². The average Bonchev–Trinajstić information content (AvgIpc) is 3.53. The van der Waals surface area contributed by atoms with Gasteiger partial charge in [-0.25, -0.2) is 4.98 Å². The molecule has 1 fully saturated rings. The molecule has 0 amide bonds. The van der Waals surface area contributed by atoms with Crippen molar-refractivity contribution in [2.24, 2.45) is 0 Å². The second-order valence-electron chi connectivity index (χ2n) is 13.5. The fraction of sp³-hybridized carbons (Fsp3) is 0.385. The lowest BCUT2D eigenvalue weighted by Gasteiger charge is -2.33. The molecule has 0 aliphatic carbocycles. The highest BCUT2D eigenvalue weighted by Gasteiger charge is 2.26. The topological polar surface area (TPSA) is 101 Å². The fourth-order valence-corrected chi connectivity index (χ4v) is 8.60. The van der Waals surface area contributed by atoms with Gasteiger partial charge in [-0.15, -0.1) is 11.3 Å². The van der Waals surface area contributed by atoms with Crippen LogP contribution in [0.15, 0.2) is 54.7 Å². The first-order valence-electron chi connectivity index (χ1n) is 17.4. The summed E-state index contributed by atoms with van der Waals surface area (Å²) in [5.74, 6) is 2.02. The molecule has 0 spiro atoms. The molecular weight excluding hydrogens is 635 g/mol. The molecule has 3 aliphatic heterocycles. The van der Waals surface area contributed by atoms with Crippen molar-refractivity contribution in [3.05, 3.63) is 71.4 Å². The van der Waals surface area contributed by atoms with Crippen LogP contribution in [0.3, 0.4) is 0 Å². The van der Waals surface area contributed by atoms with E-state index in [-0.39, 0.29) is 6.42 Å². The van der Waals surface area contributed by atoms with Crippen LogP contribution in [0.1, 0.15) is 54.7 Å². The largest absolute Gasteiger partial charge is 0.493 e. The molecule has 5 aromatic rings. The van der Waals surface area contributed by atoms with E-state index in [1.807, 2.05) is 25.3 Å². The van der Waals surface area contributed by atoms with Crippen molar-refractivity contribution in [1.82, 2.24) is 19.9 Å². The Hall–Kier alpha value is -4.54. The molecule has 0 saturated carbocycles. The number of hydrogen-bond donors (Lipinski definition) is 1. The van der Waals surface area contributed by atoms with Gasteiger partial charge in [0, 0.05) is 43.5 Å². The first-order valence-corrected chi connectivity index (χ1v) is 18.2. The zero-order valence-corrected chi connectivity index (χ0v) is 28.9. The van der Waals surface area contributed by atoms with Crippen LogP contribution in [0.2, 0.25) is 0 Å². The quantitative estimate of drug-likeness (QED) is 0.207. The molecule has 0 radical (unpaired) electrons. The Morgan fingerprint density at radius 3 is 2.67 bits per heavy atom. The summed E-state index contributed by atoms with van der Waals surface area (Å²) in [4.78, 5) is 31.8. The number of aliphatic carboxylic acids is 1. The molecule has 9 nitrogen and oxygen atoms in total. The normalized spacial score (nSPS) is 18.2. The van der Waals surface area contributed by atoms with Crippen LogP contribution in [-0.2, 0) is 11.2 Å². The number of rotatable bonds is 3. The molecule has 1 saturated heterocycles. The standard InChI is InChI=1S/C39H41N5O4S/c1-24-20-32-37-36(29(24)23-35(45)46)26-7-9-33-30(21-26)25(12-19-47-33)6-4-3-5-18-48-38-28(31-22-27(11-13-40-31)39(41-32)49-37)8-10-34(42-38)44-16-14-43(2)15-17-44/h7-11,13,20-22,25H,3-6,12,14-19,23H2,1-2H3,(H,45,46). The Kier molecular flexibility index (Phi) is 8.67. The molecule has 6 bridgehead atoms. The summed E-state index contributed by atoms with van der Waals surface area (Å²) >= 11 is 1.60. The van der Waals surface area contributed by atoms with Crippen LogP contribution < -0.4 is 14.4 Å². The number of carboxylic acids is 1. The molecule has 8 rings (SSSR count). The molecule has 1 atom stereocenters. The highest BCUT2D eigenvalue weighted by atomic mass is 32.1. The molecule has 3 aromatic heterocycles. The average molecular weight is 676 g/mol. The van der Waals surface area contributed by atoms with E-state index < -0.39 is 5.97 Å². The van der Waals surface area contributed by atoms with Crippen molar-refractivity contribution < 1.29 is 19.4 Å². The number of pyridine rings is 2. The minimum Gasteiger partial charge on any atom is -0.493 e. The number of piperazine rings is 1. The van der Waals surface area contributed by atoms with Crippen LogP contribution in [0.4, 0.5) is 5.82 Å². The third-order valence-corrected chi connectivity index (χ3v) is 11.3. The monoisotopic (exact) mass is 675 g/mol. The number of carboxylic acid groups (broad SMARTS) is 1. The molecule has 1 unspecified atom stereocenters. The van der Waals surface area contributed by atoms with E-state index in [0.717, 1.165) is 124 Å². The lowest BCUT2D eigenvalue weighted by molar-refractivity contribution is -0.136. The molecule has 3 aliphatic rings. The van der Waals surface area contributed by atoms with Gasteiger partial charge in [-0.05, 0) is 104 Å². The maximum Gasteiger partial charge on any atom is 0.307 e. The smallest absolute Gasteiger partial charge is 0.307 e. The number of thiazole rings is 1. The number of hydrogen-bond acceptors (Lipinski definition) is 9. The number of benzene rings is 2. The van der Waals surface area contributed by atoms with Gasteiger partial charge in [-0.3, -0.25) is 9.78 Å². The van der Waals surface area contributed by atoms with Crippen molar-refractivity contribution in [2.45, 2.75) is 51.4 Å². The summed E-state index contributed by atoms with van der Waals surface area (Å²) in [5, 5.41) is 10.8. The van der Waals surface area contributed by atoms with Crippen LogP contribution in [0.25, 0.3) is 43.2 Å². The lowest BCUT2D eigenvalue weighted by Crippen LogP contribution is -2.44. The maximum atomic E-state index is 12.2. The summed E-state index contributed by atoms with van der Waals surface area (Å²) in [6.45, 7) is 7.16. The summed E-state index contributed by atoms with van der Waals surface area (Å²) in [6, 6.07) is 16.7. The highest BCUT2D eigenvalue weighted by Crippen LogP contribution is 2.45. The van der Waals surface area contributed by atoms with Gasteiger partial charge in [0.1, 0.15) is 16.6 Å². The molecule has 252 valence electrons. The summed E-state index contributed by atoms with van der Waals surface area (Å²) in [6.07, 6.45) is 6.87. The number of aryl methyl sites for hydroxylation is 1. The van der Waals surface area contributed by atoms with Gasteiger partial charge in [0.25, 0.3) is 0 Å². The van der Waals surface area contributed by atoms with E-state index in [0.29, 0.717) is 25.0 Å². The number of fused-ring (bicyclic) bond motifs is 8. The van der Waals surface area contributed by atoms with Crippen molar-refractivity contribution >= 4 is 33.3 Å². The van der Waals surface area contributed by atoms with Crippen LogP contribution in [-0.4, -0.2) is 77.4 Å². The zero-order valence-electron chi connectivity index (χ0n) is 28.1. The Morgan fingerprint density at radius 2 is 1.82 bits per heavy atom. The number of likely N-dealkylation sites (N-methyl/N-ethyl adjacent to an activating group) is 1. The second-order valence-corrected chi connectivity index (χ2v) is 14.5. The van der Waals surface area contributed by atoms with E-state index in [4.69, 9.17) is 24.4 Å². The maximum absolute atomic E-state index is 12.2. The Morgan fingerprint density at radius 1 is 0.939 bits per heavy atom. The Balaban J connectivity index is 1.27. The van der Waals surface area contributed by atoms with Gasteiger partial charge in [0.15, 0.2) is 0 Å². The first-order chi connectivity index (χ1) is 23.9. The van der Waals surface area contributed by atoms with Gasteiger partial charge >= 0.3 is 5.97 Å². The minimum absolute atomic E-state index is 0.0549. The number of aromatic nitrogens is 3. The zero-order chi connectivity index (χ0) is 33.5. The van der Waals surface area contributed by atoms with Crippen LogP contribution in [0, 0.1) is 6.92 Å². The fourth-order valence-electron chi connectivity index (χ4n) is 7.46. The van der Waals surface area contributed by atoms with Crippen LogP contribution in [0.5, 0.6) is 11.6 Å². The van der Waals surface area contributed by atoms with Gasteiger partial charge in [0.05, 0.1) is 41.1 Å². The highest BCUT2D eigenvalue weighted by molar-refractivity contribution is 7.22. The third kappa shape index (κ3) is 6.35. The van der Waals surface area contributed by atoms with Gasteiger partial charge in [-0.2, -0.15) is 4.98 Å². The van der Waals surface area contributed by atoms with Crippen molar-refractivity contribution in [1.29, 1.82) is 0 Å². The predicted molar refractivity (Wildman–Crippen MR) is 194 cm³/mol. The first kappa shape index (κ1) is 31.7. The SMILES string of the molecule is Cc1cc2nc3sc2c(c1CC(=O)O)-c1ccc2c(c1)C(CCCCCOc1nc(N4CCN(C)CC4)ccc1-c1cc-3ccn1)CCO2. The van der Waals surface area contributed by atoms with Crippen molar-refractivity contribution in [3.8, 4) is 44.6 Å². The lowest BCUT2D eigenvalue weighted by atomic mass is 9.85. The van der Waals surface area contributed by atoms with E-state index in [1.165, 1.54) is 5.56 Å². The van der Waals surface area contributed by atoms with Crippen molar-refractivity contribution in [3.63, 3.8) is 0 Å². The number of ether oxygens (including phenoxy) is 2. The Bertz CT molecular complexity index is 2040. The van der Waals surface area contributed by atoms with Crippen molar-refractivity contribution in [2.75, 3.05) is 51.3 Å². The summed E-state index contributed by atoms with van der Waals surface area (Å²) in [5.41, 5.74) is 8.41. The molecule has 10 heteroatoms. The predicted octanol–water partition coefficient (Wildman–Crippen LogP) is 7.59. The van der Waals surface area contributed by atoms with Gasteiger partial charge in [-0.1, -0.05) is 18.9 Å². The van der Waals surface area contributed by atoms with Crippen LogP contribution >= 0.6 is 11.3 Å². The van der Waals surface area contributed by atoms with E-state index in [9.17, 15) is 9.90 Å². The van der Waals surface area contributed by atoms with E-state index >= 15 is 0 Å². The number of carbonyl (C=O) groups is 1. The molecule has 49 heavy (non-hydrogen) atoms. The molecule has 6 heterocycles. The summed E-state index contributed by atoms with van der Waals surface area (Å²) < 4.78 is 13.6. The molecule has 1 N–H and O–H groups in total. The number of nitrogens with zero attached hydrogens (tertiary/aromatic N) is 5. The van der Waals surface area contributed by atoms with Gasteiger partial charge in [0.2, 0.25) is 5.88 Å². The Labute approximate surface area is 290 Å². The third-order valence-electron chi connectivity index (χ3n) is 10.2. The van der Waals surface area contributed by atoms with E-state index in [2.05, 4.69) is 53.2 Å².